The molecular weight excluding hydrogens is 510 g/mol. The Bertz CT molecular complexity index is 1220. The van der Waals surface area contributed by atoms with Crippen molar-refractivity contribution in [2.45, 2.75) is 37.8 Å². The van der Waals surface area contributed by atoms with Crippen molar-refractivity contribution in [3.05, 3.63) is 58.6 Å². The molecule has 0 saturated carbocycles. The van der Waals surface area contributed by atoms with Gasteiger partial charge in [0.25, 0.3) is 5.91 Å². The van der Waals surface area contributed by atoms with Crippen LogP contribution in [0, 0.1) is 11.3 Å². The second kappa shape index (κ2) is 13.2. The van der Waals surface area contributed by atoms with E-state index in [1.165, 1.54) is 0 Å². The van der Waals surface area contributed by atoms with Gasteiger partial charge in [-0.15, -0.1) is 0 Å². The lowest BCUT2D eigenvalue weighted by atomic mass is 10.0. The minimum absolute atomic E-state index is 0.110. The quantitative estimate of drug-likeness (QED) is 0.421. The molecule has 200 valence electrons. The Morgan fingerprint density at radius 3 is 2.76 bits per heavy atom. The monoisotopic (exact) mass is 539 g/mol. The number of nitrogens with zero attached hydrogens (tertiary/aromatic N) is 3. The number of halogens is 1. The lowest BCUT2D eigenvalue weighted by Crippen LogP contribution is -2.48. The predicted molar refractivity (Wildman–Crippen MR) is 141 cm³/mol. The third-order valence-corrected chi connectivity index (χ3v) is 6.71. The van der Waals surface area contributed by atoms with Crippen molar-refractivity contribution in [1.82, 2.24) is 15.6 Å². The number of amides is 2. The molecule has 2 aromatic rings. The molecule has 1 atom stereocenters. The molecule has 11 heteroatoms. The van der Waals surface area contributed by atoms with E-state index in [0.29, 0.717) is 54.6 Å². The van der Waals surface area contributed by atoms with E-state index in [-0.39, 0.29) is 31.1 Å². The first-order valence-electron chi connectivity index (χ1n) is 12.5. The fourth-order valence-electron chi connectivity index (χ4n) is 4.25. The molecule has 0 spiro atoms. The zero-order chi connectivity index (χ0) is 26.9. The van der Waals surface area contributed by atoms with Crippen LogP contribution in [0.25, 0.3) is 0 Å². The van der Waals surface area contributed by atoms with Crippen LogP contribution in [0.2, 0.25) is 5.02 Å². The topological polar surface area (TPSA) is 136 Å². The molecule has 3 N–H and O–H groups in total. The first kappa shape index (κ1) is 27.4. The van der Waals surface area contributed by atoms with Crippen molar-refractivity contribution in [3.63, 3.8) is 0 Å². The summed E-state index contributed by atoms with van der Waals surface area (Å²) in [6, 6.07) is 14.3. The van der Waals surface area contributed by atoms with E-state index in [2.05, 4.69) is 21.9 Å². The van der Waals surface area contributed by atoms with Crippen LogP contribution in [0.5, 0.6) is 11.5 Å². The molecule has 38 heavy (non-hydrogen) atoms. The van der Waals surface area contributed by atoms with E-state index in [1.54, 1.807) is 41.3 Å². The molecule has 0 unspecified atom stereocenters. The fraction of sp³-hybridized carbons (Fsp3) is 0.407. The molecule has 2 aliphatic heterocycles. The van der Waals surface area contributed by atoms with E-state index in [0.717, 1.165) is 24.1 Å². The van der Waals surface area contributed by atoms with Crippen molar-refractivity contribution in [3.8, 4) is 17.6 Å². The van der Waals surface area contributed by atoms with E-state index >= 15 is 0 Å². The summed E-state index contributed by atoms with van der Waals surface area (Å²) in [5.74, 6) is 0.732. The number of piperidine rings is 1. The number of benzene rings is 2. The lowest BCUT2D eigenvalue weighted by molar-refractivity contribution is -0.134. The fourth-order valence-corrected chi connectivity index (χ4v) is 4.49. The number of carbonyl (C=O) groups excluding carboxylic acids is 2. The van der Waals surface area contributed by atoms with Gasteiger partial charge in [0.2, 0.25) is 5.91 Å². The van der Waals surface area contributed by atoms with Gasteiger partial charge in [-0.05, 0) is 54.8 Å². The van der Waals surface area contributed by atoms with Crippen molar-refractivity contribution >= 4 is 29.1 Å². The van der Waals surface area contributed by atoms with Crippen LogP contribution in [0.3, 0.4) is 0 Å². The van der Waals surface area contributed by atoms with Gasteiger partial charge in [0, 0.05) is 38.5 Å². The number of nitriles is 1. The van der Waals surface area contributed by atoms with Crippen molar-refractivity contribution in [1.29, 1.82) is 5.26 Å². The summed E-state index contributed by atoms with van der Waals surface area (Å²) in [5.41, 5.74) is 4.52. The maximum absolute atomic E-state index is 12.7. The highest BCUT2D eigenvalue weighted by molar-refractivity contribution is 6.32. The third-order valence-electron chi connectivity index (χ3n) is 6.42. The Morgan fingerprint density at radius 2 is 2.05 bits per heavy atom. The Kier molecular flexibility index (Phi) is 9.54. The molecule has 10 nitrogen and oxygen atoms in total. The second-order valence-corrected chi connectivity index (χ2v) is 9.60. The van der Waals surface area contributed by atoms with E-state index < -0.39 is 6.10 Å². The molecule has 2 aliphatic rings. The van der Waals surface area contributed by atoms with Gasteiger partial charge in [0.15, 0.2) is 6.61 Å². The molecule has 0 aliphatic carbocycles. The second-order valence-electron chi connectivity index (χ2n) is 9.20. The van der Waals surface area contributed by atoms with Gasteiger partial charge in [-0.3, -0.25) is 9.59 Å². The molecule has 0 radical (unpaired) electrons. The Hall–Kier alpha value is -3.65. The first-order valence-corrected chi connectivity index (χ1v) is 12.9. The normalized spacial score (nSPS) is 16.7. The number of nitrogens with one attached hydrogen (secondary N) is 2. The van der Waals surface area contributed by atoms with E-state index in [4.69, 9.17) is 26.3 Å². The van der Waals surface area contributed by atoms with Gasteiger partial charge in [0.1, 0.15) is 24.2 Å². The number of rotatable bonds is 10. The van der Waals surface area contributed by atoms with Crippen molar-refractivity contribution in [2.24, 2.45) is 5.10 Å². The maximum atomic E-state index is 12.7. The minimum atomic E-state index is -0.700. The standard InChI is InChI=1S/C27H30ClN5O5/c28-23-13-19(24-5-7-26(35)32-31-24)4-6-25(23)38-17-27(36)33-10-8-20(9-11-33)30-15-21(34)16-37-22-3-1-2-18(12-22)14-29/h1-4,6,12-13,20-21,30,34H,5,7-11,15-17H2,(H,32,35)/t21-/m0/s1. The summed E-state index contributed by atoms with van der Waals surface area (Å²) in [7, 11) is 0. The van der Waals surface area contributed by atoms with Gasteiger partial charge < -0.3 is 24.8 Å². The van der Waals surface area contributed by atoms with Crippen LogP contribution < -0.4 is 20.2 Å². The van der Waals surface area contributed by atoms with Gasteiger partial charge in [-0.25, -0.2) is 5.43 Å². The molecule has 2 amide bonds. The summed E-state index contributed by atoms with van der Waals surface area (Å²) < 4.78 is 11.3. The number of carbonyl (C=O) groups is 2. The minimum Gasteiger partial charge on any atom is -0.491 e. The summed E-state index contributed by atoms with van der Waals surface area (Å²) >= 11 is 6.35. The van der Waals surface area contributed by atoms with Crippen LogP contribution in [-0.2, 0) is 9.59 Å². The first-order chi connectivity index (χ1) is 18.4. The van der Waals surface area contributed by atoms with Crippen LogP contribution in [0.4, 0.5) is 0 Å². The molecule has 4 rings (SSSR count). The maximum Gasteiger partial charge on any atom is 0.260 e. The van der Waals surface area contributed by atoms with Gasteiger partial charge in [-0.1, -0.05) is 17.7 Å². The highest BCUT2D eigenvalue weighted by Crippen LogP contribution is 2.27. The highest BCUT2D eigenvalue weighted by Gasteiger charge is 2.24. The van der Waals surface area contributed by atoms with Crippen molar-refractivity contribution < 1.29 is 24.2 Å². The molecular formula is C27H30ClN5O5. The van der Waals surface area contributed by atoms with Gasteiger partial charge >= 0.3 is 0 Å². The largest absolute Gasteiger partial charge is 0.491 e. The summed E-state index contributed by atoms with van der Waals surface area (Å²) in [5, 5.41) is 27.0. The predicted octanol–water partition coefficient (Wildman–Crippen LogP) is 2.23. The molecule has 2 aromatic carbocycles. The third kappa shape index (κ3) is 7.68. The van der Waals surface area contributed by atoms with Crippen molar-refractivity contribution in [2.75, 3.05) is 32.8 Å². The van der Waals surface area contributed by atoms with Crippen LogP contribution in [0.1, 0.15) is 36.8 Å². The molecule has 2 heterocycles. The van der Waals surface area contributed by atoms with Gasteiger partial charge in [-0.2, -0.15) is 10.4 Å². The zero-order valence-corrected chi connectivity index (χ0v) is 21.6. The smallest absolute Gasteiger partial charge is 0.260 e. The number of likely N-dealkylation sites (tertiary alicyclic amines) is 1. The number of aliphatic hydroxyl groups excluding tert-OH is 1. The summed E-state index contributed by atoms with van der Waals surface area (Å²) in [4.78, 5) is 25.7. The van der Waals surface area contributed by atoms with Crippen LogP contribution >= 0.6 is 11.6 Å². The average Bonchev–Trinajstić information content (AvgIpc) is 2.95. The van der Waals surface area contributed by atoms with Gasteiger partial charge in [0.05, 0.1) is 22.4 Å². The average molecular weight is 540 g/mol. The van der Waals surface area contributed by atoms with Crippen LogP contribution in [-0.4, -0.2) is 72.5 Å². The number of hydrazone groups is 1. The molecule has 1 fully saturated rings. The molecule has 0 bridgehead atoms. The van der Waals surface area contributed by atoms with E-state index in [9.17, 15) is 14.7 Å². The van der Waals surface area contributed by atoms with E-state index in [1.807, 2.05) is 6.07 Å². The molecule has 0 aromatic heterocycles. The Balaban J connectivity index is 1.15. The number of aliphatic hydroxyl groups is 1. The summed E-state index contributed by atoms with van der Waals surface area (Å²) in [6.07, 6.45) is 1.74. The highest BCUT2D eigenvalue weighted by atomic mass is 35.5. The number of ether oxygens (including phenoxy) is 2. The van der Waals surface area contributed by atoms with Crippen LogP contribution in [0.15, 0.2) is 47.6 Å². The Labute approximate surface area is 226 Å². The zero-order valence-electron chi connectivity index (χ0n) is 20.9. The Morgan fingerprint density at radius 1 is 1.24 bits per heavy atom. The SMILES string of the molecule is N#Cc1cccc(OC[C@@H](O)CNC2CCN(C(=O)COc3ccc(C4=NNC(=O)CC4)cc3Cl)CC2)c1. The number of hydrogen-bond donors (Lipinski definition) is 3. The lowest BCUT2D eigenvalue weighted by Gasteiger charge is -2.33. The molecule has 1 saturated heterocycles. The number of hydrogen-bond acceptors (Lipinski definition) is 8. The summed E-state index contributed by atoms with van der Waals surface area (Å²) in [6.45, 7) is 1.55.